The van der Waals surface area contributed by atoms with E-state index in [9.17, 15) is 4.79 Å². The Balaban J connectivity index is 1.29. The van der Waals surface area contributed by atoms with E-state index in [1.165, 1.54) is 5.56 Å². The standard InChI is InChI=1S/C26H32N6O/c1-18-15-29-24(14-19-16-30-32(17-19)21-8-12-28-13-9-21)31-23(18)7-6-20-4-2-3-5-22(20)26(10-11-26)25(27)33/h2-5,15-17,21,28H,6-14H2,1H3,(H2,27,33). The zero-order valence-electron chi connectivity index (χ0n) is 19.3. The molecular formula is C26H32N6O. The summed E-state index contributed by atoms with van der Waals surface area (Å²) in [6, 6.07) is 8.69. The third-order valence-electron chi connectivity index (χ3n) is 7.21. The summed E-state index contributed by atoms with van der Waals surface area (Å²) in [7, 11) is 0. The van der Waals surface area contributed by atoms with Gasteiger partial charge in [0.05, 0.1) is 17.7 Å². The maximum absolute atomic E-state index is 12.1. The Morgan fingerprint density at radius 1 is 1.18 bits per heavy atom. The minimum Gasteiger partial charge on any atom is -0.369 e. The second-order valence-corrected chi connectivity index (χ2v) is 9.51. The zero-order valence-corrected chi connectivity index (χ0v) is 19.3. The highest BCUT2D eigenvalue weighted by atomic mass is 16.1. The van der Waals surface area contributed by atoms with Crippen molar-refractivity contribution in [3.63, 3.8) is 0 Å². The molecule has 2 aliphatic rings. The number of nitrogens with two attached hydrogens (primary N) is 1. The minimum atomic E-state index is -0.461. The predicted molar refractivity (Wildman–Crippen MR) is 127 cm³/mol. The van der Waals surface area contributed by atoms with E-state index in [-0.39, 0.29) is 5.91 Å². The number of benzene rings is 1. The molecule has 1 amide bonds. The Morgan fingerprint density at radius 3 is 2.73 bits per heavy atom. The van der Waals surface area contributed by atoms with Gasteiger partial charge in [-0.2, -0.15) is 5.10 Å². The second kappa shape index (κ2) is 9.06. The molecule has 1 aromatic carbocycles. The van der Waals surface area contributed by atoms with Crippen LogP contribution in [-0.4, -0.2) is 38.7 Å². The molecule has 1 saturated carbocycles. The molecule has 3 N–H and O–H groups in total. The number of primary amides is 1. The molecule has 7 heteroatoms. The van der Waals surface area contributed by atoms with Crippen LogP contribution in [0.5, 0.6) is 0 Å². The van der Waals surface area contributed by atoms with Gasteiger partial charge in [-0.3, -0.25) is 9.48 Å². The van der Waals surface area contributed by atoms with Crippen molar-refractivity contribution < 1.29 is 4.79 Å². The lowest BCUT2D eigenvalue weighted by atomic mass is 9.88. The average molecular weight is 445 g/mol. The number of hydrogen-bond donors (Lipinski definition) is 2. The average Bonchev–Trinajstić information content (AvgIpc) is 3.53. The number of rotatable bonds is 8. The van der Waals surface area contributed by atoms with Gasteiger partial charge in [0.1, 0.15) is 5.82 Å². The fourth-order valence-electron chi connectivity index (χ4n) is 5.01. The maximum Gasteiger partial charge on any atom is 0.228 e. The van der Waals surface area contributed by atoms with Gasteiger partial charge in [0.2, 0.25) is 5.91 Å². The van der Waals surface area contributed by atoms with Gasteiger partial charge in [-0.05, 0) is 80.8 Å². The van der Waals surface area contributed by atoms with Crippen LogP contribution in [0.1, 0.15) is 65.5 Å². The van der Waals surface area contributed by atoms with E-state index in [1.54, 1.807) is 0 Å². The number of carbonyl (C=O) groups is 1. The van der Waals surface area contributed by atoms with Crippen LogP contribution in [-0.2, 0) is 29.5 Å². The van der Waals surface area contributed by atoms with Crippen LogP contribution in [0, 0.1) is 6.92 Å². The Kier molecular flexibility index (Phi) is 5.98. The van der Waals surface area contributed by atoms with Crippen molar-refractivity contribution in [2.45, 2.75) is 63.3 Å². The van der Waals surface area contributed by atoms with Gasteiger partial charge in [-0.15, -0.1) is 0 Å². The molecule has 33 heavy (non-hydrogen) atoms. The topological polar surface area (TPSA) is 98.7 Å². The summed E-state index contributed by atoms with van der Waals surface area (Å²) in [5.74, 6) is 0.616. The van der Waals surface area contributed by atoms with Crippen LogP contribution in [0.2, 0.25) is 0 Å². The van der Waals surface area contributed by atoms with Gasteiger partial charge in [0, 0.05) is 24.5 Å². The summed E-state index contributed by atoms with van der Waals surface area (Å²) in [4.78, 5) is 21.6. The highest BCUT2D eigenvalue weighted by molar-refractivity contribution is 5.90. The normalized spacial score (nSPS) is 17.7. The van der Waals surface area contributed by atoms with Crippen LogP contribution < -0.4 is 11.1 Å². The number of aromatic nitrogens is 4. The van der Waals surface area contributed by atoms with Gasteiger partial charge in [0.25, 0.3) is 0 Å². The van der Waals surface area contributed by atoms with E-state index in [2.05, 4.69) is 45.3 Å². The van der Waals surface area contributed by atoms with Gasteiger partial charge in [0.15, 0.2) is 0 Å². The highest BCUT2D eigenvalue weighted by Crippen LogP contribution is 2.49. The third-order valence-corrected chi connectivity index (χ3v) is 7.21. The number of nitrogens with one attached hydrogen (secondary N) is 1. The zero-order chi connectivity index (χ0) is 22.8. The molecule has 0 radical (unpaired) electrons. The van der Waals surface area contributed by atoms with Gasteiger partial charge in [-0.25, -0.2) is 9.97 Å². The summed E-state index contributed by atoms with van der Waals surface area (Å²) in [5.41, 5.74) is 10.9. The van der Waals surface area contributed by atoms with Crippen LogP contribution >= 0.6 is 0 Å². The van der Waals surface area contributed by atoms with Gasteiger partial charge < -0.3 is 11.1 Å². The lowest BCUT2D eigenvalue weighted by Gasteiger charge is -2.22. The predicted octanol–water partition coefficient (Wildman–Crippen LogP) is 2.80. The fraction of sp³-hybridized carbons (Fsp3) is 0.462. The van der Waals surface area contributed by atoms with E-state index in [0.717, 1.165) is 79.8 Å². The van der Waals surface area contributed by atoms with Gasteiger partial charge in [-0.1, -0.05) is 24.3 Å². The second-order valence-electron chi connectivity index (χ2n) is 9.51. The molecule has 172 valence electrons. The van der Waals surface area contributed by atoms with Crippen LogP contribution in [0.15, 0.2) is 42.9 Å². The largest absolute Gasteiger partial charge is 0.369 e. The molecule has 1 aliphatic carbocycles. The van der Waals surface area contributed by atoms with Crippen LogP contribution in [0.3, 0.4) is 0 Å². The highest BCUT2D eigenvalue weighted by Gasteiger charge is 2.50. The molecule has 0 spiro atoms. The number of hydrogen-bond acceptors (Lipinski definition) is 5. The summed E-state index contributed by atoms with van der Waals surface area (Å²) in [6.45, 7) is 4.16. The first-order chi connectivity index (χ1) is 16.0. The van der Waals surface area contributed by atoms with Crippen molar-refractivity contribution in [1.29, 1.82) is 0 Å². The Hall–Kier alpha value is -3.06. The van der Waals surface area contributed by atoms with Crippen molar-refractivity contribution in [3.8, 4) is 0 Å². The molecule has 3 aromatic rings. The van der Waals surface area contributed by atoms with Crippen molar-refractivity contribution in [2.24, 2.45) is 5.73 Å². The van der Waals surface area contributed by atoms with Crippen molar-refractivity contribution in [1.82, 2.24) is 25.1 Å². The fourth-order valence-corrected chi connectivity index (χ4v) is 5.01. The first-order valence-electron chi connectivity index (χ1n) is 12.0. The Bertz CT molecular complexity index is 1140. The maximum atomic E-state index is 12.1. The summed E-state index contributed by atoms with van der Waals surface area (Å²) < 4.78 is 2.11. The van der Waals surface area contributed by atoms with E-state index in [1.807, 2.05) is 24.5 Å². The Morgan fingerprint density at radius 2 is 1.97 bits per heavy atom. The number of carbonyl (C=O) groups excluding carboxylic acids is 1. The molecule has 1 saturated heterocycles. The van der Waals surface area contributed by atoms with Crippen LogP contribution in [0.4, 0.5) is 0 Å². The quantitative estimate of drug-likeness (QED) is 0.557. The third kappa shape index (κ3) is 4.55. The molecule has 3 heterocycles. The van der Waals surface area contributed by atoms with E-state index >= 15 is 0 Å². The monoisotopic (exact) mass is 444 g/mol. The van der Waals surface area contributed by atoms with Crippen molar-refractivity contribution >= 4 is 5.91 Å². The van der Waals surface area contributed by atoms with Crippen LogP contribution in [0.25, 0.3) is 0 Å². The molecule has 5 rings (SSSR count). The Labute approximate surface area is 194 Å². The molecule has 0 unspecified atom stereocenters. The molecule has 1 aliphatic heterocycles. The van der Waals surface area contributed by atoms with Crippen molar-refractivity contribution in [2.75, 3.05) is 13.1 Å². The summed E-state index contributed by atoms with van der Waals surface area (Å²) in [6.07, 6.45) is 12.3. The number of aryl methyl sites for hydroxylation is 3. The lowest BCUT2D eigenvalue weighted by Crippen LogP contribution is -2.29. The summed E-state index contributed by atoms with van der Waals surface area (Å²) >= 11 is 0. The first-order valence-corrected chi connectivity index (χ1v) is 12.0. The number of nitrogens with zero attached hydrogens (tertiary/aromatic N) is 4. The molecule has 7 nitrogen and oxygen atoms in total. The first kappa shape index (κ1) is 21.8. The minimum absolute atomic E-state index is 0.208. The lowest BCUT2D eigenvalue weighted by molar-refractivity contribution is -0.120. The molecule has 2 aromatic heterocycles. The summed E-state index contributed by atoms with van der Waals surface area (Å²) in [5, 5.41) is 8.00. The van der Waals surface area contributed by atoms with Crippen molar-refractivity contribution in [3.05, 3.63) is 76.6 Å². The SMILES string of the molecule is Cc1cnc(Cc2cnn(C3CCNCC3)c2)nc1CCc1ccccc1C1(C(N)=O)CC1. The molecule has 2 fully saturated rings. The number of amides is 1. The van der Waals surface area contributed by atoms with E-state index < -0.39 is 5.41 Å². The van der Waals surface area contributed by atoms with E-state index in [4.69, 9.17) is 10.7 Å². The van der Waals surface area contributed by atoms with Gasteiger partial charge >= 0.3 is 0 Å². The molecule has 0 bridgehead atoms. The smallest absolute Gasteiger partial charge is 0.228 e. The number of piperidine rings is 1. The molecule has 0 atom stereocenters. The van der Waals surface area contributed by atoms with E-state index in [0.29, 0.717) is 12.5 Å². The molecular weight excluding hydrogens is 412 g/mol.